The Morgan fingerprint density at radius 2 is 0.366 bits per heavy atom. The van der Waals surface area contributed by atoms with Gasteiger partial charge in [-0.25, -0.2) is 4.57 Å². The van der Waals surface area contributed by atoms with E-state index >= 15 is 0 Å². The van der Waals surface area contributed by atoms with Gasteiger partial charge < -0.3 is 189 Å². The highest BCUT2D eigenvalue weighted by Crippen LogP contribution is 2.39. The van der Waals surface area contributed by atoms with Gasteiger partial charge in [0.1, 0.15) is 171 Å². The van der Waals surface area contributed by atoms with Crippen molar-refractivity contribution in [2.24, 2.45) is 5.73 Å². The Labute approximate surface area is 461 Å². The molecule has 21 heterocycles. The fourth-order valence-corrected chi connectivity index (χ4v) is 10.5. The van der Waals surface area contributed by atoms with Crippen molar-refractivity contribution in [1.82, 2.24) is 0 Å². The third-order valence-corrected chi connectivity index (χ3v) is 14.8. The molecule has 35 atom stereocenters. The number of aliphatic hydroxyl groups excluding tert-OH is 20. The molecule has 21 aliphatic rings. The predicted octanol–water partition coefficient (Wildman–Crippen LogP) is -16.2. The lowest BCUT2D eigenvalue weighted by molar-refractivity contribution is -0.396. The van der Waals surface area contributed by atoms with Gasteiger partial charge in [-0.15, -0.1) is 0 Å². The summed E-state index contributed by atoms with van der Waals surface area (Å²) < 4.78 is 88.8. The van der Waals surface area contributed by atoms with Crippen molar-refractivity contribution in [2.75, 3.05) is 46.2 Å². The molecule has 0 unspecified atom stereocenters. The minimum atomic E-state index is -4.64. The van der Waals surface area contributed by atoms with Gasteiger partial charge in [0.15, 0.2) is 44.0 Å². The molecule has 40 heteroatoms. The molecule has 0 aromatic rings. The van der Waals surface area contributed by atoms with Gasteiger partial charge in [-0.05, 0) is 0 Å². The topological polar surface area (TPSA) is 638 Å². The third-order valence-electron chi connectivity index (χ3n) is 14.8. The zero-order valence-electron chi connectivity index (χ0n) is 42.6. The molecule has 0 radical (unpaired) electrons. The summed E-state index contributed by atoms with van der Waals surface area (Å²) in [5.74, 6) is 0. The lowest BCUT2D eigenvalue weighted by Gasteiger charge is -2.50. The first-order valence-electron chi connectivity index (χ1n) is 25.5. The molecule has 0 aromatic heterocycles. The van der Waals surface area contributed by atoms with Gasteiger partial charge in [-0.2, -0.15) is 0 Å². The van der Waals surface area contributed by atoms with E-state index in [2.05, 4.69) is 0 Å². The van der Waals surface area contributed by atoms with Crippen LogP contribution in [-0.2, 0) is 70.9 Å². The number of rotatable bonds is 7. The molecule has 21 rings (SSSR count). The molecular formula is C42H74NO38P. The van der Waals surface area contributed by atoms with Crippen LogP contribution in [0.25, 0.3) is 0 Å². The molecule has 21 saturated heterocycles. The van der Waals surface area contributed by atoms with Crippen molar-refractivity contribution < 1.29 is 188 Å². The summed E-state index contributed by atoms with van der Waals surface area (Å²) in [6.45, 7) is -6.75. The highest BCUT2D eigenvalue weighted by Gasteiger charge is 2.59. The van der Waals surface area contributed by atoms with Gasteiger partial charge in [-0.1, -0.05) is 0 Å². The van der Waals surface area contributed by atoms with Crippen molar-refractivity contribution in [2.45, 2.75) is 215 Å². The Kier molecular flexibility index (Phi) is 24.0. The lowest BCUT2D eigenvalue weighted by Crippen LogP contribution is -2.68. The quantitative estimate of drug-likeness (QED) is 0.105. The lowest BCUT2D eigenvalue weighted by atomic mass is 9.95. The van der Waals surface area contributed by atoms with Gasteiger partial charge >= 0.3 is 7.82 Å². The molecule has 0 amide bonds. The molecule has 0 aliphatic carbocycles. The standard InChI is InChI=1S/C42H71NO34.H3O4P/c43-1-8-29-15(50)22(57)36(64-8)72-30-9(2-44)66-38(24(59)17(30)52)74-32-11(4-46)68-40(26(61)19(32)54)76-34-13(6-48)70-42(28(63)21(34)56)77-35-14(7-49)69-41(27(62)20(35)55)75-33-12(5-47)67-39(25(60)18(33)53)73-31-10(3-45)65-37(71-29)23(58)16(31)51;1-5(2,3)4/h8-42,44-63H,1-7,43H2;(H3,1,2,3,4)/t8-,9+,10+,11-,12+,13+,14+,15+,16+,17+,18-,19+,20-,21+,22+,23+,24+,25-,26+,27-,28+,29+,30+,31+,32+,33+,34+,35+,36+,37+,38+,39+,40+,41+,42+;/m0./s1. The number of aliphatic hydroxyl groups is 20. The molecule has 14 bridgehead atoms. The van der Waals surface area contributed by atoms with Gasteiger partial charge in [0.2, 0.25) is 0 Å². The maximum Gasteiger partial charge on any atom is 0.466 e. The van der Waals surface area contributed by atoms with Crippen LogP contribution in [0, 0.1) is 0 Å². The summed E-state index contributed by atoms with van der Waals surface area (Å²) in [5.41, 5.74) is 5.94. The third kappa shape index (κ3) is 14.6. The van der Waals surface area contributed by atoms with Crippen LogP contribution in [0.4, 0.5) is 0 Å². The zero-order chi connectivity index (χ0) is 60.6. The number of phosphoric acid groups is 1. The Hall–Kier alpha value is -1.29. The number of nitrogens with two attached hydrogens (primary N) is 1. The second kappa shape index (κ2) is 28.9. The molecule has 21 fully saturated rings. The van der Waals surface area contributed by atoms with Crippen molar-refractivity contribution in [3.05, 3.63) is 0 Å². The Balaban J connectivity index is 0.00000185. The SMILES string of the molecule is NC[C@@H]1O[C@@H]2O[C@H]3[C@H](O)[C@@H](O)[C@@H](O[C@H]4[C@H](O)[C@@H](O)[C@@H](O[C@H]5[C@H](O)[C@@H](O)[C@@H](O[C@H]6[C@@H](O)[C@H](O)[C@@H](O[C@H]7[C@@H](O)[C@H](O)[C@@H](O[C@H]8[C@H](O)[C@@H](O)[C@@H](O[C@H]1[C@H](O)[C@H]2O)O[C@@H]8CO)O[C@@H]7CO)O[C@@H]6CO)O[C@@H]5CO)O[C@H]4CO)O[C@@H]3CO.O=P(O)(O)O. The smallest absolute Gasteiger partial charge is 0.394 e. The van der Waals surface area contributed by atoms with Crippen molar-refractivity contribution >= 4 is 7.82 Å². The maximum absolute atomic E-state index is 11.4. The summed E-state index contributed by atoms with van der Waals surface area (Å²) in [5, 5.41) is 220. The molecular weight excluding hydrogens is 1160 g/mol. The van der Waals surface area contributed by atoms with Crippen LogP contribution in [0.1, 0.15) is 0 Å². The largest absolute Gasteiger partial charge is 0.466 e. The normalized spacial score (nSPS) is 52.7. The van der Waals surface area contributed by atoms with E-state index in [-0.39, 0.29) is 0 Å². The Bertz CT molecular complexity index is 1640. The van der Waals surface area contributed by atoms with Gasteiger partial charge in [-0.3, -0.25) is 0 Å². The Morgan fingerprint density at radius 3 is 0.488 bits per heavy atom. The Morgan fingerprint density at radius 1 is 0.244 bits per heavy atom. The predicted molar refractivity (Wildman–Crippen MR) is 245 cm³/mol. The van der Waals surface area contributed by atoms with Crippen LogP contribution in [0.3, 0.4) is 0 Å². The van der Waals surface area contributed by atoms with Gasteiger partial charge in [0.25, 0.3) is 0 Å². The number of ether oxygens (including phenoxy) is 14. The summed E-state index contributed by atoms with van der Waals surface area (Å²) in [6, 6.07) is 0. The van der Waals surface area contributed by atoms with Crippen LogP contribution in [0.5, 0.6) is 0 Å². The van der Waals surface area contributed by atoms with Crippen LogP contribution in [-0.4, -0.2) is 378 Å². The summed E-state index contributed by atoms with van der Waals surface area (Å²) in [6.07, 6.45) is -69.2. The van der Waals surface area contributed by atoms with Crippen molar-refractivity contribution in [1.29, 1.82) is 0 Å². The average molecular weight is 1230 g/mol. The van der Waals surface area contributed by atoms with E-state index in [1.807, 2.05) is 0 Å². The summed E-state index contributed by atoms with van der Waals surface area (Å²) in [7, 11) is -4.64. The molecule has 39 nitrogen and oxygen atoms in total. The zero-order valence-corrected chi connectivity index (χ0v) is 43.5. The molecule has 480 valence electrons. The molecule has 0 saturated carbocycles. The van der Waals surface area contributed by atoms with E-state index in [4.69, 9.17) is 91.3 Å². The van der Waals surface area contributed by atoms with E-state index < -0.39 is 269 Å². The minimum Gasteiger partial charge on any atom is -0.394 e. The second-order valence-electron chi connectivity index (χ2n) is 20.2. The molecule has 0 spiro atoms. The van der Waals surface area contributed by atoms with Crippen LogP contribution in [0.2, 0.25) is 0 Å². The highest BCUT2D eigenvalue weighted by molar-refractivity contribution is 7.45. The minimum absolute atomic E-state index is 0.547. The molecule has 0 aromatic carbocycles. The maximum atomic E-state index is 11.4. The van der Waals surface area contributed by atoms with E-state index in [1.54, 1.807) is 0 Å². The van der Waals surface area contributed by atoms with Crippen LogP contribution in [0.15, 0.2) is 0 Å². The molecule has 25 N–H and O–H groups in total. The first-order valence-corrected chi connectivity index (χ1v) is 27.1. The van der Waals surface area contributed by atoms with Gasteiger partial charge in [0, 0.05) is 6.54 Å². The monoisotopic (exact) mass is 1230 g/mol. The van der Waals surface area contributed by atoms with Crippen LogP contribution >= 0.6 is 7.82 Å². The number of hydrogen-bond acceptors (Lipinski definition) is 36. The average Bonchev–Trinajstić information content (AvgIpc) is 3.65. The fraction of sp³-hybridized carbons (Fsp3) is 1.00. The number of hydrogen-bond donors (Lipinski definition) is 24. The van der Waals surface area contributed by atoms with Gasteiger partial charge in [0.05, 0.1) is 39.6 Å². The molecule has 21 aliphatic heterocycles. The van der Waals surface area contributed by atoms with Crippen LogP contribution < -0.4 is 5.73 Å². The summed E-state index contributed by atoms with van der Waals surface area (Å²) in [4.78, 5) is 21.6. The highest BCUT2D eigenvalue weighted by atomic mass is 31.2. The first-order chi connectivity index (χ1) is 38.7. The first kappa shape index (κ1) is 68.2. The fourth-order valence-electron chi connectivity index (χ4n) is 10.5. The summed E-state index contributed by atoms with van der Waals surface area (Å²) >= 11 is 0. The van der Waals surface area contributed by atoms with E-state index in [0.29, 0.717) is 0 Å². The molecule has 82 heavy (non-hydrogen) atoms. The van der Waals surface area contributed by atoms with E-state index in [0.717, 1.165) is 0 Å². The van der Waals surface area contributed by atoms with Crippen molar-refractivity contribution in [3.63, 3.8) is 0 Å². The van der Waals surface area contributed by atoms with Crippen molar-refractivity contribution in [3.8, 4) is 0 Å². The van der Waals surface area contributed by atoms with E-state index in [9.17, 15) is 102 Å². The van der Waals surface area contributed by atoms with E-state index in [1.165, 1.54) is 0 Å². The second-order valence-corrected chi connectivity index (χ2v) is 21.2.